The van der Waals surface area contributed by atoms with Gasteiger partial charge >= 0.3 is 0 Å². The van der Waals surface area contributed by atoms with Gasteiger partial charge < -0.3 is 14.8 Å². The summed E-state index contributed by atoms with van der Waals surface area (Å²) in [4.78, 5) is 14.8. The maximum Gasteiger partial charge on any atom is 0.234 e. The molecule has 0 atom stereocenters. The molecule has 35 heavy (non-hydrogen) atoms. The van der Waals surface area contributed by atoms with Crippen LogP contribution in [0.2, 0.25) is 5.02 Å². The van der Waals surface area contributed by atoms with Gasteiger partial charge in [0.15, 0.2) is 5.79 Å². The van der Waals surface area contributed by atoms with E-state index >= 15 is 0 Å². The zero-order valence-electron chi connectivity index (χ0n) is 20.0. The van der Waals surface area contributed by atoms with Gasteiger partial charge in [-0.15, -0.1) is 0 Å². The minimum atomic E-state index is -0.408. The van der Waals surface area contributed by atoms with E-state index < -0.39 is 5.79 Å². The molecule has 1 aliphatic heterocycles. The first-order chi connectivity index (χ1) is 17.0. The molecule has 2 fully saturated rings. The summed E-state index contributed by atoms with van der Waals surface area (Å²) in [6, 6.07) is 17.9. The van der Waals surface area contributed by atoms with E-state index in [2.05, 4.69) is 5.32 Å². The van der Waals surface area contributed by atoms with Crippen LogP contribution in [0.25, 0.3) is 16.9 Å². The van der Waals surface area contributed by atoms with Crippen molar-refractivity contribution in [3.05, 3.63) is 71.4 Å². The van der Waals surface area contributed by atoms with Crippen molar-refractivity contribution in [1.29, 1.82) is 0 Å². The van der Waals surface area contributed by atoms with Crippen molar-refractivity contribution < 1.29 is 14.3 Å². The Kier molecular flexibility index (Phi) is 7.20. The number of nitrogens with one attached hydrogen (secondary N) is 1. The fraction of sp³-hybridized carbons (Fsp3) is 0.407. The van der Waals surface area contributed by atoms with Crippen LogP contribution in [0.5, 0.6) is 0 Å². The second kappa shape index (κ2) is 10.5. The van der Waals surface area contributed by atoms with Crippen LogP contribution in [0, 0.1) is 0 Å². The highest BCUT2D eigenvalue weighted by molar-refractivity contribution is 6.30. The zero-order valence-corrected chi connectivity index (χ0v) is 20.7. The lowest BCUT2D eigenvalue weighted by Gasteiger charge is -2.35. The Morgan fingerprint density at radius 1 is 1.11 bits per heavy atom. The van der Waals surface area contributed by atoms with Gasteiger partial charge in [-0.3, -0.25) is 9.69 Å². The van der Waals surface area contributed by atoms with E-state index in [1.165, 1.54) is 0 Å². The zero-order chi connectivity index (χ0) is 24.3. The Balaban J connectivity index is 1.24. The number of likely N-dealkylation sites (N-methyl/N-ethyl adjacent to an activating group) is 1. The molecule has 2 heterocycles. The molecule has 184 valence electrons. The van der Waals surface area contributed by atoms with Crippen LogP contribution in [0.15, 0.2) is 60.8 Å². The lowest BCUT2D eigenvalue weighted by atomic mass is 9.90. The van der Waals surface area contributed by atoms with Crippen molar-refractivity contribution in [1.82, 2.24) is 20.0 Å². The van der Waals surface area contributed by atoms with Gasteiger partial charge in [0.05, 0.1) is 31.1 Å². The average molecular weight is 495 g/mol. The Morgan fingerprint density at radius 3 is 2.49 bits per heavy atom. The number of nitrogens with zero attached hydrogens (tertiary/aromatic N) is 3. The first-order valence-corrected chi connectivity index (χ1v) is 12.5. The van der Waals surface area contributed by atoms with E-state index in [9.17, 15) is 4.79 Å². The van der Waals surface area contributed by atoms with Crippen LogP contribution >= 0.6 is 11.6 Å². The molecule has 3 aromatic rings. The van der Waals surface area contributed by atoms with Crippen molar-refractivity contribution in [2.75, 3.05) is 26.8 Å². The summed E-state index contributed by atoms with van der Waals surface area (Å²) in [7, 11) is 1.96. The summed E-state index contributed by atoms with van der Waals surface area (Å²) in [6.07, 6.45) is 5.45. The smallest absolute Gasteiger partial charge is 0.234 e. The quantitative estimate of drug-likeness (QED) is 0.526. The molecule has 2 aromatic carbocycles. The average Bonchev–Trinajstić information content (AvgIpc) is 3.49. The SMILES string of the molecule is CN(CC(=O)NC1CCC2(CC1)OCCO2)Cc1cn(-c2ccccc2)nc1-c1ccc(Cl)cc1. The van der Waals surface area contributed by atoms with Gasteiger partial charge in [-0.25, -0.2) is 4.68 Å². The lowest BCUT2D eigenvalue weighted by Crippen LogP contribution is -2.46. The van der Waals surface area contributed by atoms with Gasteiger partial charge in [0, 0.05) is 47.8 Å². The summed E-state index contributed by atoms with van der Waals surface area (Å²) in [5, 5.41) is 8.75. The number of para-hydroxylation sites is 1. The van der Waals surface area contributed by atoms with Gasteiger partial charge in [0.1, 0.15) is 0 Å². The molecule has 1 saturated heterocycles. The summed E-state index contributed by atoms with van der Waals surface area (Å²) >= 11 is 6.10. The third-order valence-electron chi connectivity index (χ3n) is 6.71. The van der Waals surface area contributed by atoms with Crippen LogP contribution in [0.4, 0.5) is 0 Å². The minimum Gasteiger partial charge on any atom is -0.352 e. The highest BCUT2D eigenvalue weighted by atomic mass is 35.5. The maximum atomic E-state index is 12.8. The molecule has 0 unspecified atom stereocenters. The maximum absolute atomic E-state index is 12.8. The molecule has 1 spiro atoms. The summed E-state index contributed by atoms with van der Waals surface area (Å²) in [5.41, 5.74) is 3.90. The lowest BCUT2D eigenvalue weighted by molar-refractivity contribution is -0.180. The summed E-state index contributed by atoms with van der Waals surface area (Å²) < 4.78 is 13.5. The highest BCUT2D eigenvalue weighted by Gasteiger charge is 2.40. The van der Waals surface area contributed by atoms with E-state index in [0.717, 1.165) is 48.2 Å². The summed E-state index contributed by atoms with van der Waals surface area (Å²) in [5.74, 6) is -0.375. The normalized spacial score (nSPS) is 17.8. The Bertz CT molecular complexity index is 1130. The number of hydrogen-bond acceptors (Lipinski definition) is 5. The van der Waals surface area contributed by atoms with Crippen LogP contribution in [-0.4, -0.2) is 59.2 Å². The molecule has 2 aliphatic rings. The monoisotopic (exact) mass is 494 g/mol. The van der Waals surface area contributed by atoms with E-state index in [-0.39, 0.29) is 11.9 Å². The van der Waals surface area contributed by atoms with E-state index in [4.69, 9.17) is 26.2 Å². The first-order valence-electron chi connectivity index (χ1n) is 12.2. The Hall–Kier alpha value is -2.71. The molecule has 1 aromatic heterocycles. The number of carbonyl (C=O) groups is 1. The molecule has 0 radical (unpaired) electrons. The topological polar surface area (TPSA) is 68.6 Å². The summed E-state index contributed by atoms with van der Waals surface area (Å²) in [6.45, 7) is 2.24. The van der Waals surface area contributed by atoms with Gasteiger partial charge in [-0.1, -0.05) is 41.9 Å². The largest absolute Gasteiger partial charge is 0.352 e. The van der Waals surface area contributed by atoms with Crippen LogP contribution < -0.4 is 5.32 Å². The number of amides is 1. The Morgan fingerprint density at radius 2 is 1.80 bits per heavy atom. The molecule has 8 heteroatoms. The fourth-order valence-corrected chi connectivity index (χ4v) is 5.07. The highest BCUT2D eigenvalue weighted by Crippen LogP contribution is 2.35. The van der Waals surface area contributed by atoms with Crippen molar-refractivity contribution in [2.24, 2.45) is 0 Å². The number of carbonyl (C=O) groups excluding carboxylic acids is 1. The van der Waals surface area contributed by atoms with E-state index in [1.54, 1.807) is 0 Å². The van der Waals surface area contributed by atoms with Gasteiger partial charge in [-0.2, -0.15) is 5.10 Å². The number of rotatable bonds is 7. The Labute approximate surface area is 211 Å². The number of benzene rings is 2. The molecule has 5 rings (SSSR count). The van der Waals surface area contributed by atoms with Crippen molar-refractivity contribution in [2.45, 2.75) is 44.1 Å². The van der Waals surface area contributed by atoms with Crippen LogP contribution in [-0.2, 0) is 20.8 Å². The van der Waals surface area contributed by atoms with E-state index in [0.29, 0.717) is 31.3 Å². The number of hydrogen-bond donors (Lipinski definition) is 1. The molecular weight excluding hydrogens is 464 g/mol. The fourth-order valence-electron chi connectivity index (χ4n) is 4.94. The minimum absolute atomic E-state index is 0.0326. The van der Waals surface area contributed by atoms with Crippen LogP contribution in [0.1, 0.15) is 31.2 Å². The first kappa shape index (κ1) is 24.0. The van der Waals surface area contributed by atoms with Crippen molar-refractivity contribution in [3.63, 3.8) is 0 Å². The van der Waals surface area contributed by atoms with Gasteiger partial charge in [0.25, 0.3) is 0 Å². The molecule has 1 saturated carbocycles. The third-order valence-corrected chi connectivity index (χ3v) is 6.96. The standard InChI is InChI=1S/C27H31ClN4O3/c1-31(19-25(33)29-23-11-13-27(14-12-23)34-15-16-35-27)17-21-18-32(24-5-3-2-4-6-24)30-26(21)20-7-9-22(28)10-8-20/h2-10,18,23H,11-17,19H2,1H3,(H,29,33). The number of halogens is 1. The van der Waals surface area contributed by atoms with Gasteiger partial charge in [0.2, 0.25) is 5.91 Å². The number of aromatic nitrogens is 2. The van der Waals surface area contributed by atoms with E-state index in [1.807, 2.05) is 77.4 Å². The van der Waals surface area contributed by atoms with Crippen molar-refractivity contribution >= 4 is 17.5 Å². The van der Waals surface area contributed by atoms with Crippen molar-refractivity contribution in [3.8, 4) is 16.9 Å². The third kappa shape index (κ3) is 5.76. The predicted octanol–water partition coefficient (Wildman–Crippen LogP) is 4.43. The van der Waals surface area contributed by atoms with Crippen LogP contribution in [0.3, 0.4) is 0 Å². The molecule has 1 aliphatic carbocycles. The molecule has 1 N–H and O–H groups in total. The van der Waals surface area contributed by atoms with Gasteiger partial charge in [-0.05, 0) is 44.2 Å². The predicted molar refractivity (Wildman–Crippen MR) is 135 cm³/mol. The second-order valence-electron chi connectivity index (χ2n) is 9.41. The second-order valence-corrected chi connectivity index (χ2v) is 9.85. The molecule has 7 nitrogen and oxygen atoms in total. The molecule has 0 bridgehead atoms. The number of ether oxygens (including phenoxy) is 2. The molecular formula is C27H31ClN4O3. The molecule has 1 amide bonds.